The van der Waals surface area contributed by atoms with E-state index < -0.39 is 0 Å². The van der Waals surface area contributed by atoms with Crippen molar-refractivity contribution in [2.45, 2.75) is 42.8 Å². The molecular formula is C16H17BrN2OS. The maximum absolute atomic E-state index is 12.2. The molecule has 5 heteroatoms. The van der Waals surface area contributed by atoms with Gasteiger partial charge in [-0.25, -0.2) is 4.98 Å². The number of halogens is 1. The Hall–Kier alpha value is -1.07. The zero-order valence-electron chi connectivity index (χ0n) is 11.7. The molecule has 0 fully saturated rings. The number of nitrogens with one attached hydrogen (secondary N) is 1. The Labute approximate surface area is 136 Å². The quantitative estimate of drug-likeness (QED) is 0.658. The van der Waals surface area contributed by atoms with Gasteiger partial charge in [0.1, 0.15) is 5.82 Å². The van der Waals surface area contributed by atoms with Crippen LogP contribution in [0.25, 0.3) is 0 Å². The molecule has 1 heterocycles. The fourth-order valence-electron chi connectivity index (χ4n) is 2.61. The lowest BCUT2D eigenvalue weighted by molar-refractivity contribution is 0.708. The van der Waals surface area contributed by atoms with Gasteiger partial charge in [0, 0.05) is 14.9 Å². The van der Waals surface area contributed by atoms with E-state index in [0.717, 1.165) is 47.2 Å². The van der Waals surface area contributed by atoms with Crippen molar-refractivity contribution in [2.75, 3.05) is 0 Å². The summed E-state index contributed by atoms with van der Waals surface area (Å²) >= 11 is 5.16. The molecule has 1 aromatic heterocycles. The number of hydrogen-bond acceptors (Lipinski definition) is 3. The summed E-state index contributed by atoms with van der Waals surface area (Å²) in [5, 5.41) is 0. The number of aryl methyl sites for hydroxylation is 1. The highest BCUT2D eigenvalue weighted by Gasteiger charge is 2.14. The van der Waals surface area contributed by atoms with Gasteiger partial charge in [-0.2, -0.15) is 0 Å². The van der Waals surface area contributed by atoms with E-state index >= 15 is 0 Å². The van der Waals surface area contributed by atoms with Crippen LogP contribution in [0.1, 0.15) is 36.3 Å². The summed E-state index contributed by atoms with van der Waals surface area (Å²) in [5.41, 5.74) is 1.98. The lowest BCUT2D eigenvalue weighted by Gasteiger charge is -2.07. The number of rotatable bonds is 3. The number of H-pyrrole nitrogens is 1. The van der Waals surface area contributed by atoms with Crippen molar-refractivity contribution in [3.05, 3.63) is 56.2 Å². The van der Waals surface area contributed by atoms with E-state index in [1.165, 1.54) is 11.3 Å². The van der Waals surface area contributed by atoms with Crippen LogP contribution < -0.4 is 5.56 Å². The number of aromatic amines is 1. The fourth-order valence-corrected chi connectivity index (χ4v) is 3.98. The Morgan fingerprint density at radius 1 is 1.24 bits per heavy atom. The number of nitrogens with zero attached hydrogens (tertiary/aromatic N) is 1. The molecule has 3 nitrogen and oxygen atoms in total. The van der Waals surface area contributed by atoms with E-state index in [2.05, 4.69) is 38.0 Å². The van der Waals surface area contributed by atoms with Crippen LogP contribution in [0.3, 0.4) is 0 Å². The van der Waals surface area contributed by atoms with Crippen LogP contribution in [-0.2, 0) is 18.6 Å². The smallest absolute Gasteiger partial charge is 0.254 e. The van der Waals surface area contributed by atoms with Crippen LogP contribution in [0.4, 0.5) is 0 Å². The molecule has 1 aromatic carbocycles. The van der Waals surface area contributed by atoms with Gasteiger partial charge in [-0.1, -0.05) is 28.4 Å². The first-order chi connectivity index (χ1) is 10.2. The molecule has 110 valence electrons. The molecule has 0 saturated carbocycles. The number of thioether (sulfide) groups is 1. The molecule has 1 aliphatic carbocycles. The first kappa shape index (κ1) is 14.9. The summed E-state index contributed by atoms with van der Waals surface area (Å²) in [6.07, 6.45) is 5.24. The van der Waals surface area contributed by atoms with Gasteiger partial charge in [0.25, 0.3) is 5.56 Å². The molecule has 0 aliphatic heterocycles. The predicted octanol–water partition coefficient (Wildman–Crippen LogP) is 4.09. The van der Waals surface area contributed by atoms with Crippen LogP contribution in [0.2, 0.25) is 0 Å². The second-order valence-corrected chi connectivity index (χ2v) is 7.21. The van der Waals surface area contributed by atoms with Crippen molar-refractivity contribution in [2.24, 2.45) is 0 Å². The molecule has 1 aliphatic rings. The number of aromatic nitrogens is 2. The zero-order valence-corrected chi connectivity index (χ0v) is 14.1. The lowest BCUT2D eigenvalue weighted by Crippen LogP contribution is -2.19. The lowest BCUT2D eigenvalue weighted by atomic mass is 10.1. The average molecular weight is 365 g/mol. The molecule has 0 bridgehead atoms. The van der Waals surface area contributed by atoms with E-state index in [1.807, 2.05) is 12.1 Å². The van der Waals surface area contributed by atoms with Gasteiger partial charge in [0.2, 0.25) is 0 Å². The minimum atomic E-state index is 0.0618. The molecule has 1 N–H and O–H groups in total. The molecule has 0 saturated heterocycles. The first-order valence-electron chi connectivity index (χ1n) is 7.22. The van der Waals surface area contributed by atoms with Crippen LogP contribution >= 0.6 is 27.7 Å². The Morgan fingerprint density at radius 3 is 2.95 bits per heavy atom. The molecule has 3 rings (SSSR count). The van der Waals surface area contributed by atoms with Crippen molar-refractivity contribution in [1.82, 2.24) is 9.97 Å². The van der Waals surface area contributed by atoms with E-state index in [0.29, 0.717) is 5.75 Å². The van der Waals surface area contributed by atoms with Gasteiger partial charge in [-0.15, -0.1) is 11.8 Å². The van der Waals surface area contributed by atoms with Gasteiger partial charge in [-0.05, 0) is 43.9 Å². The average Bonchev–Trinajstić information content (AvgIpc) is 2.71. The second kappa shape index (κ2) is 6.79. The van der Waals surface area contributed by atoms with Crippen LogP contribution in [0, 0.1) is 0 Å². The molecule has 0 atom stereocenters. The highest BCUT2D eigenvalue weighted by atomic mass is 79.9. The Bertz CT molecular complexity index is 699. The maximum Gasteiger partial charge on any atom is 0.254 e. The van der Waals surface area contributed by atoms with Gasteiger partial charge in [0.05, 0.1) is 11.4 Å². The summed E-state index contributed by atoms with van der Waals surface area (Å²) in [4.78, 5) is 21.0. The molecule has 0 spiro atoms. The van der Waals surface area contributed by atoms with E-state index in [4.69, 9.17) is 0 Å². The van der Waals surface area contributed by atoms with Crippen molar-refractivity contribution in [1.29, 1.82) is 0 Å². The number of fused-ring (bicyclic) bond motifs is 1. The third kappa shape index (κ3) is 3.77. The standard InChI is InChI=1S/C16H17BrN2OS/c17-11-5-4-6-12(9-11)21-10-15-18-14-8-3-1-2-7-13(14)16(20)19-15/h4-6,9H,1-3,7-8,10H2,(H,18,19,20). The highest BCUT2D eigenvalue weighted by molar-refractivity contribution is 9.10. The number of hydrogen-bond donors (Lipinski definition) is 1. The SMILES string of the molecule is O=c1[nH]c(CSc2cccc(Br)c2)nc2c1CCCCC2. The second-order valence-electron chi connectivity index (χ2n) is 5.24. The highest BCUT2D eigenvalue weighted by Crippen LogP contribution is 2.24. The van der Waals surface area contributed by atoms with Gasteiger partial charge < -0.3 is 4.98 Å². The Kier molecular flexibility index (Phi) is 4.80. The third-order valence-corrected chi connectivity index (χ3v) is 5.16. The van der Waals surface area contributed by atoms with Gasteiger partial charge >= 0.3 is 0 Å². The minimum Gasteiger partial charge on any atom is -0.310 e. The van der Waals surface area contributed by atoms with Crippen molar-refractivity contribution < 1.29 is 0 Å². The van der Waals surface area contributed by atoms with E-state index in [-0.39, 0.29) is 5.56 Å². The minimum absolute atomic E-state index is 0.0618. The van der Waals surface area contributed by atoms with E-state index in [1.54, 1.807) is 11.8 Å². The van der Waals surface area contributed by atoms with Gasteiger partial charge in [0.15, 0.2) is 0 Å². The monoisotopic (exact) mass is 364 g/mol. The normalized spacial score (nSPS) is 14.5. The predicted molar refractivity (Wildman–Crippen MR) is 89.8 cm³/mol. The Morgan fingerprint density at radius 2 is 2.10 bits per heavy atom. The summed E-state index contributed by atoms with van der Waals surface area (Å²) in [5.74, 6) is 1.48. The fraction of sp³-hybridized carbons (Fsp3) is 0.375. The van der Waals surface area contributed by atoms with E-state index in [9.17, 15) is 4.79 Å². The van der Waals surface area contributed by atoms with Crippen LogP contribution in [0.5, 0.6) is 0 Å². The summed E-state index contributed by atoms with van der Waals surface area (Å²) < 4.78 is 1.07. The molecular weight excluding hydrogens is 348 g/mol. The van der Waals surface area contributed by atoms with Gasteiger partial charge in [-0.3, -0.25) is 4.79 Å². The molecule has 2 aromatic rings. The molecule has 0 radical (unpaired) electrons. The number of benzene rings is 1. The largest absolute Gasteiger partial charge is 0.310 e. The topological polar surface area (TPSA) is 45.8 Å². The Balaban J connectivity index is 1.78. The first-order valence-corrected chi connectivity index (χ1v) is 8.99. The zero-order chi connectivity index (χ0) is 14.7. The summed E-state index contributed by atoms with van der Waals surface area (Å²) in [6.45, 7) is 0. The van der Waals surface area contributed by atoms with Crippen LogP contribution in [0.15, 0.2) is 38.4 Å². The summed E-state index contributed by atoms with van der Waals surface area (Å²) in [6, 6.07) is 8.16. The molecule has 21 heavy (non-hydrogen) atoms. The molecule has 0 unspecified atom stereocenters. The van der Waals surface area contributed by atoms with Crippen LogP contribution in [-0.4, -0.2) is 9.97 Å². The van der Waals surface area contributed by atoms with Crippen molar-refractivity contribution >= 4 is 27.7 Å². The molecule has 0 amide bonds. The maximum atomic E-state index is 12.2. The van der Waals surface area contributed by atoms with Crippen molar-refractivity contribution in [3.8, 4) is 0 Å². The van der Waals surface area contributed by atoms with Crippen molar-refractivity contribution in [3.63, 3.8) is 0 Å². The summed E-state index contributed by atoms with van der Waals surface area (Å²) in [7, 11) is 0. The third-order valence-electron chi connectivity index (χ3n) is 3.66.